The van der Waals surface area contributed by atoms with Crippen LogP contribution in [0.25, 0.3) is 6.08 Å². The summed E-state index contributed by atoms with van der Waals surface area (Å²) in [6, 6.07) is 3.87. The minimum absolute atomic E-state index is 0.0318. The molecule has 0 spiro atoms. The second-order valence-electron chi connectivity index (χ2n) is 6.64. The van der Waals surface area contributed by atoms with E-state index in [9.17, 15) is 30.1 Å². The van der Waals surface area contributed by atoms with Crippen molar-refractivity contribution in [3.05, 3.63) is 33.4 Å². The molecule has 0 heterocycles. The highest BCUT2D eigenvalue weighted by atomic mass is 16.7. The molecule has 168 valence electrons. The summed E-state index contributed by atoms with van der Waals surface area (Å²) in [6.45, 7) is 8.25. The van der Waals surface area contributed by atoms with Crippen molar-refractivity contribution in [2.24, 2.45) is 5.92 Å². The van der Waals surface area contributed by atoms with E-state index >= 15 is 0 Å². The van der Waals surface area contributed by atoms with Crippen LogP contribution in [0.15, 0.2) is 17.7 Å². The number of aromatic hydroxyl groups is 1. The van der Waals surface area contributed by atoms with Gasteiger partial charge in [-0.1, -0.05) is 26.7 Å². The predicted molar refractivity (Wildman–Crippen MR) is 112 cm³/mol. The number of carbonyl (C=O) groups excluding carboxylic acids is 2. The third kappa shape index (κ3) is 6.99. The van der Waals surface area contributed by atoms with E-state index in [-0.39, 0.29) is 23.7 Å². The molecule has 0 fully saturated rings. The van der Waals surface area contributed by atoms with Crippen molar-refractivity contribution in [3.63, 3.8) is 0 Å². The zero-order chi connectivity index (χ0) is 23.6. The molecular weight excluding hydrogens is 406 g/mol. The fraction of sp³-hybridized carbons (Fsp3) is 0.476. The van der Waals surface area contributed by atoms with Crippen molar-refractivity contribution < 1.29 is 29.1 Å². The van der Waals surface area contributed by atoms with Crippen LogP contribution in [0.5, 0.6) is 11.5 Å². The highest BCUT2D eigenvalue weighted by Gasteiger charge is 2.24. The minimum Gasteiger partial charge on any atom is -0.499 e. The van der Waals surface area contributed by atoms with Crippen LogP contribution < -0.4 is 4.74 Å². The number of phenolic OH excluding ortho intramolecular Hbond substituents is 1. The Bertz CT molecular complexity index is 882. The number of nitro benzene ring substituents is 1. The summed E-state index contributed by atoms with van der Waals surface area (Å²) >= 11 is 0. The van der Waals surface area contributed by atoms with Crippen molar-refractivity contribution in [2.45, 2.75) is 40.5 Å². The number of nitro groups is 1. The number of benzene rings is 1. The molecule has 0 unspecified atom stereocenters. The van der Waals surface area contributed by atoms with Crippen LogP contribution in [-0.4, -0.2) is 46.7 Å². The number of ether oxygens (including phenoxy) is 2. The average Bonchev–Trinajstić information content (AvgIpc) is 2.75. The van der Waals surface area contributed by atoms with Crippen LogP contribution in [-0.2, 0) is 9.53 Å². The quantitative estimate of drug-likeness (QED) is 0.145. The number of rotatable bonds is 10. The number of amides is 1. The van der Waals surface area contributed by atoms with Crippen LogP contribution in [0.3, 0.4) is 0 Å². The molecule has 1 rings (SSSR count). The Balaban J connectivity index is 3.28. The third-order valence-electron chi connectivity index (χ3n) is 4.77. The Kier molecular flexibility index (Phi) is 9.98. The van der Waals surface area contributed by atoms with Gasteiger partial charge in [0.1, 0.15) is 11.6 Å². The van der Waals surface area contributed by atoms with E-state index in [1.807, 2.05) is 13.8 Å². The summed E-state index contributed by atoms with van der Waals surface area (Å²) in [7, 11) is 0. The molecule has 1 aromatic carbocycles. The van der Waals surface area contributed by atoms with Gasteiger partial charge in [0, 0.05) is 19.2 Å². The fourth-order valence-electron chi connectivity index (χ4n) is 2.73. The van der Waals surface area contributed by atoms with Gasteiger partial charge in [0.15, 0.2) is 5.75 Å². The zero-order valence-corrected chi connectivity index (χ0v) is 18.1. The normalized spacial score (nSPS) is 11.0. The highest BCUT2D eigenvalue weighted by molar-refractivity contribution is 6.01. The summed E-state index contributed by atoms with van der Waals surface area (Å²) in [5.74, 6) is -1.79. The summed E-state index contributed by atoms with van der Waals surface area (Å²) in [4.78, 5) is 36.3. The van der Waals surface area contributed by atoms with Gasteiger partial charge < -0.3 is 19.5 Å². The number of carbonyl (C=O) groups is 2. The summed E-state index contributed by atoms with van der Waals surface area (Å²) in [6.07, 6.45) is 1.59. The summed E-state index contributed by atoms with van der Waals surface area (Å²) in [5, 5.41) is 30.8. The smallest absolute Gasteiger partial charge is 0.499 e. The van der Waals surface area contributed by atoms with Gasteiger partial charge in [-0.15, -0.1) is 0 Å². The summed E-state index contributed by atoms with van der Waals surface area (Å²) in [5.41, 5.74) is -0.973. The van der Waals surface area contributed by atoms with Crippen molar-refractivity contribution in [3.8, 4) is 17.6 Å². The predicted octanol–water partition coefficient (Wildman–Crippen LogP) is 4.03. The van der Waals surface area contributed by atoms with Crippen molar-refractivity contribution in [1.29, 1.82) is 5.26 Å². The second kappa shape index (κ2) is 12.2. The third-order valence-corrected chi connectivity index (χ3v) is 4.77. The van der Waals surface area contributed by atoms with Crippen LogP contribution in [0.1, 0.15) is 46.1 Å². The maximum Gasteiger partial charge on any atom is 0.513 e. The van der Waals surface area contributed by atoms with Gasteiger partial charge in [0.2, 0.25) is 5.75 Å². The molecule has 1 N–H and O–H groups in total. The van der Waals surface area contributed by atoms with E-state index in [2.05, 4.69) is 0 Å². The molecule has 10 heteroatoms. The molecular formula is C21H27N3O7. The van der Waals surface area contributed by atoms with Crippen molar-refractivity contribution in [1.82, 2.24) is 4.90 Å². The molecule has 31 heavy (non-hydrogen) atoms. The average molecular weight is 433 g/mol. The Morgan fingerprint density at radius 2 is 1.87 bits per heavy atom. The number of likely N-dealkylation sites (N-methyl/N-ethyl adjacent to an activating group) is 1. The Labute approximate surface area is 180 Å². The molecule has 1 amide bonds. The lowest BCUT2D eigenvalue weighted by atomic mass is 10.1. The van der Waals surface area contributed by atoms with Gasteiger partial charge in [0.25, 0.3) is 5.91 Å². The monoisotopic (exact) mass is 433 g/mol. The fourth-order valence-corrected chi connectivity index (χ4v) is 2.73. The maximum atomic E-state index is 12.4. The number of nitrogens with zero attached hydrogens (tertiary/aromatic N) is 3. The molecule has 10 nitrogen and oxygen atoms in total. The van der Waals surface area contributed by atoms with E-state index in [0.717, 1.165) is 31.1 Å². The standard InChI is InChI=1S/C21H27N3O7/c1-5-14(6-2)13-30-21(27)31-18-11-15(10-17(19(18)25)24(28)29)9-16(12-22)20(26)23(7-3)8-4/h9-11,14,25H,5-8,13H2,1-4H3/b16-9+. The summed E-state index contributed by atoms with van der Waals surface area (Å²) < 4.78 is 9.97. The Morgan fingerprint density at radius 1 is 1.26 bits per heavy atom. The van der Waals surface area contributed by atoms with E-state index < -0.39 is 34.2 Å². The van der Waals surface area contributed by atoms with Gasteiger partial charge in [-0.3, -0.25) is 14.9 Å². The van der Waals surface area contributed by atoms with Crippen LogP contribution in [0.2, 0.25) is 0 Å². The van der Waals surface area contributed by atoms with E-state index in [0.29, 0.717) is 13.1 Å². The molecule has 1 aromatic rings. The van der Waals surface area contributed by atoms with E-state index in [1.54, 1.807) is 19.9 Å². The number of hydrogen-bond acceptors (Lipinski definition) is 8. The van der Waals surface area contributed by atoms with Crippen molar-refractivity contribution in [2.75, 3.05) is 19.7 Å². The first-order valence-electron chi connectivity index (χ1n) is 9.99. The minimum atomic E-state index is -1.13. The topological polar surface area (TPSA) is 143 Å². The first kappa shape index (κ1) is 25.4. The lowest BCUT2D eigenvalue weighted by Gasteiger charge is -2.17. The van der Waals surface area contributed by atoms with Gasteiger partial charge in [-0.2, -0.15) is 5.26 Å². The van der Waals surface area contributed by atoms with E-state index in [4.69, 9.17) is 9.47 Å². The molecule has 0 aliphatic rings. The lowest BCUT2D eigenvalue weighted by Crippen LogP contribution is -2.31. The van der Waals surface area contributed by atoms with Gasteiger partial charge in [-0.05, 0) is 37.5 Å². The Morgan fingerprint density at radius 3 is 2.35 bits per heavy atom. The number of phenols is 1. The maximum absolute atomic E-state index is 12.4. The van der Waals surface area contributed by atoms with Crippen molar-refractivity contribution >= 4 is 23.8 Å². The molecule has 0 aromatic heterocycles. The molecule has 0 saturated heterocycles. The molecule has 0 bridgehead atoms. The molecule has 0 radical (unpaired) electrons. The SMILES string of the molecule is CCC(CC)COC(=O)Oc1cc(/C=C(\C#N)C(=O)N(CC)CC)cc([N+](=O)[O-])c1O. The first-order valence-corrected chi connectivity index (χ1v) is 9.99. The van der Waals surface area contributed by atoms with E-state index in [1.165, 1.54) is 4.90 Å². The van der Waals surface area contributed by atoms with Gasteiger partial charge in [-0.25, -0.2) is 4.79 Å². The number of nitriles is 1. The molecule has 0 saturated carbocycles. The first-order chi connectivity index (χ1) is 14.7. The lowest BCUT2D eigenvalue weighted by molar-refractivity contribution is -0.385. The zero-order valence-electron chi connectivity index (χ0n) is 18.1. The van der Waals surface area contributed by atoms with Crippen LogP contribution >= 0.6 is 0 Å². The number of hydrogen-bond donors (Lipinski definition) is 1. The highest BCUT2D eigenvalue weighted by Crippen LogP contribution is 2.38. The second-order valence-corrected chi connectivity index (χ2v) is 6.64. The van der Waals surface area contributed by atoms with Crippen LogP contribution in [0, 0.1) is 27.4 Å². The largest absolute Gasteiger partial charge is 0.513 e. The van der Waals surface area contributed by atoms with Crippen LogP contribution in [0.4, 0.5) is 10.5 Å². The molecule has 0 aliphatic heterocycles. The Hall–Kier alpha value is -3.61. The molecule has 0 aliphatic carbocycles. The molecule has 0 atom stereocenters. The van der Waals surface area contributed by atoms with Gasteiger partial charge >= 0.3 is 11.8 Å². The van der Waals surface area contributed by atoms with Gasteiger partial charge in [0.05, 0.1) is 11.5 Å².